The van der Waals surface area contributed by atoms with Crippen LogP contribution in [-0.4, -0.2) is 4.98 Å². The number of aromatic amines is 1. The van der Waals surface area contributed by atoms with E-state index in [1.165, 1.54) is 16.5 Å². The average Bonchev–Trinajstić information content (AvgIpc) is 2.89. The highest BCUT2D eigenvalue weighted by molar-refractivity contribution is 9.09. The van der Waals surface area contributed by atoms with Gasteiger partial charge < -0.3 is 4.98 Å². The van der Waals surface area contributed by atoms with Crippen LogP contribution in [0.15, 0.2) is 66.9 Å². The first-order chi connectivity index (χ1) is 8.77. The number of aromatic nitrogens is 1. The van der Waals surface area contributed by atoms with E-state index >= 15 is 0 Å². The molecule has 0 aliphatic rings. The zero-order valence-corrected chi connectivity index (χ0v) is 11.9. The van der Waals surface area contributed by atoms with Gasteiger partial charge in [-0.05, 0) is 30.0 Å². The van der Waals surface area contributed by atoms with Gasteiger partial charge in [-0.25, -0.2) is 0 Å². The molecule has 1 heterocycles. The first-order valence-corrected chi connectivity index (χ1v) is 6.90. The summed E-state index contributed by atoms with van der Waals surface area (Å²) in [5, 5.41) is 1.28. The molecule has 1 atom stereocenters. The predicted octanol–water partition coefficient (Wildman–Crippen LogP) is 5.31. The molecule has 0 spiro atoms. The maximum atomic E-state index is 3.48. The lowest BCUT2D eigenvalue weighted by atomic mass is 10.2. The van der Waals surface area contributed by atoms with Gasteiger partial charge in [0.2, 0.25) is 0 Å². The summed E-state index contributed by atoms with van der Waals surface area (Å²) < 4.78 is 0. The van der Waals surface area contributed by atoms with Crippen LogP contribution in [0.5, 0.6) is 0 Å². The van der Waals surface area contributed by atoms with Gasteiger partial charge in [-0.15, -0.1) is 0 Å². The molecule has 2 aromatic carbocycles. The standard InChI is InChI=1S/C8H9Br.C8H7N/c1-7(9)8-5-3-2-4-6-8;1-2-4-8-7(3-1)5-6-9-8/h2-7H,1H3;1-6,9H. The van der Waals surface area contributed by atoms with Crippen molar-refractivity contribution in [3.05, 3.63) is 72.4 Å². The number of fused-ring (bicyclic) bond motifs is 1. The van der Waals surface area contributed by atoms with Gasteiger partial charge in [0.25, 0.3) is 0 Å². The SMILES string of the molecule is CC(Br)c1ccccc1.c1ccc2[nH]ccc2c1. The first-order valence-electron chi connectivity index (χ1n) is 5.98. The zero-order valence-electron chi connectivity index (χ0n) is 10.3. The molecule has 0 aliphatic carbocycles. The van der Waals surface area contributed by atoms with E-state index in [2.05, 4.69) is 58.2 Å². The van der Waals surface area contributed by atoms with Gasteiger partial charge >= 0.3 is 0 Å². The summed E-state index contributed by atoms with van der Waals surface area (Å²) in [6.45, 7) is 2.12. The summed E-state index contributed by atoms with van der Waals surface area (Å²) >= 11 is 3.48. The van der Waals surface area contributed by atoms with Gasteiger partial charge in [0, 0.05) is 16.5 Å². The minimum absolute atomic E-state index is 0.471. The molecular weight excluding hydrogens is 286 g/mol. The fraction of sp³-hybridized carbons (Fsp3) is 0.125. The van der Waals surface area contributed by atoms with Crippen molar-refractivity contribution in [2.75, 3.05) is 0 Å². The number of alkyl halides is 1. The second-order valence-electron chi connectivity index (χ2n) is 4.09. The van der Waals surface area contributed by atoms with E-state index in [9.17, 15) is 0 Å². The molecule has 0 radical (unpaired) electrons. The Morgan fingerprint density at radius 1 is 0.889 bits per heavy atom. The van der Waals surface area contributed by atoms with Gasteiger partial charge in [-0.3, -0.25) is 0 Å². The molecule has 92 valence electrons. The molecule has 0 amide bonds. The Bertz CT molecular complexity index is 554. The molecule has 3 aromatic rings. The van der Waals surface area contributed by atoms with Crippen LogP contribution in [0.1, 0.15) is 17.3 Å². The normalized spacial score (nSPS) is 11.7. The molecule has 3 rings (SSSR count). The van der Waals surface area contributed by atoms with E-state index < -0.39 is 0 Å². The number of para-hydroxylation sites is 1. The van der Waals surface area contributed by atoms with Crippen LogP contribution >= 0.6 is 15.9 Å². The molecule has 1 unspecified atom stereocenters. The van der Waals surface area contributed by atoms with Gasteiger partial charge in [0.05, 0.1) is 0 Å². The lowest BCUT2D eigenvalue weighted by molar-refractivity contribution is 1.12. The van der Waals surface area contributed by atoms with E-state index in [0.717, 1.165) is 0 Å². The molecule has 1 N–H and O–H groups in total. The number of halogens is 1. The second kappa shape index (κ2) is 6.41. The fourth-order valence-electron chi connectivity index (χ4n) is 1.71. The second-order valence-corrected chi connectivity index (χ2v) is 5.47. The molecule has 0 aliphatic heterocycles. The van der Waals surface area contributed by atoms with Crippen LogP contribution in [0.4, 0.5) is 0 Å². The van der Waals surface area contributed by atoms with Gasteiger partial charge in [0.15, 0.2) is 0 Å². The summed E-state index contributed by atoms with van der Waals surface area (Å²) in [6.07, 6.45) is 1.95. The van der Waals surface area contributed by atoms with Crippen LogP contribution in [0.2, 0.25) is 0 Å². The van der Waals surface area contributed by atoms with E-state index in [1.54, 1.807) is 0 Å². The molecule has 18 heavy (non-hydrogen) atoms. The number of nitrogens with one attached hydrogen (secondary N) is 1. The number of rotatable bonds is 1. The average molecular weight is 302 g/mol. The molecule has 0 fully saturated rings. The molecular formula is C16H16BrN. The molecule has 0 saturated heterocycles. The van der Waals surface area contributed by atoms with Crippen LogP contribution < -0.4 is 0 Å². The Labute approximate surface area is 116 Å². The monoisotopic (exact) mass is 301 g/mol. The van der Waals surface area contributed by atoms with E-state index in [4.69, 9.17) is 0 Å². The largest absolute Gasteiger partial charge is 0.361 e. The quantitative estimate of drug-likeness (QED) is 0.586. The maximum Gasteiger partial charge on any atom is 0.0453 e. The smallest absolute Gasteiger partial charge is 0.0453 e. The van der Waals surface area contributed by atoms with Gasteiger partial charge in [-0.2, -0.15) is 0 Å². The van der Waals surface area contributed by atoms with Crippen molar-refractivity contribution in [3.8, 4) is 0 Å². The number of benzene rings is 2. The third-order valence-electron chi connectivity index (χ3n) is 2.72. The number of hydrogen-bond donors (Lipinski definition) is 1. The summed E-state index contributed by atoms with van der Waals surface area (Å²) in [7, 11) is 0. The van der Waals surface area contributed by atoms with Crippen LogP contribution in [0.25, 0.3) is 10.9 Å². The fourth-order valence-corrected chi connectivity index (χ4v) is 2.02. The Balaban J connectivity index is 0.000000134. The third kappa shape index (κ3) is 3.47. The number of hydrogen-bond acceptors (Lipinski definition) is 0. The van der Waals surface area contributed by atoms with Crippen LogP contribution in [0, 0.1) is 0 Å². The van der Waals surface area contributed by atoms with E-state index in [-0.39, 0.29) is 0 Å². The van der Waals surface area contributed by atoms with Crippen LogP contribution in [-0.2, 0) is 0 Å². The van der Waals surface area contributed by atoms with Gasteiger partial charge in [0.1, 0.15) is 0 Å². The minimum atomic E-state index is 0.471. The summed E-state index contributed by atoms with van der Waals surface area (Å²) in [4.78, 5) is 3.59. The molecule has 0 bridgehead atoms. The van der Waals surface area contributed by atoms with Crippen molar-refractivity contribution in [1.82, 2.24) is 4.98 Å². The molecule has 1 aromatic heterocycles. The van der Waals surface area contributed by atoms with Crippen molar-refractivity contribution in [3.63, 3.8) is 0 Å². The van der Waals surface area contributed by atoms with Crippen molar-refractivity contribution in [2.24, 2.45) is 0 Å². The summed E-state index contributed by atoms with van der Waals surface area (Å²) in [5.41, 5.74) is 2.54. The lowest BCUT2D eigenvalue weighted by Crippen LogP contribution is -1.79. The van der Waals surface area contributed by atoms with E-state index in [0.29, 0.717) is 4.83 Å². The Kier molecular flexibility index (Phi) is 4.59. The third-order valence-corrected chi connectivity index (χ3v) is 3.25. The van der Waals surface area contributed by atoms with E-state index in [1.807, 2.05) is 36.5 Å². The summed E-state index contributed by atoms with van der Waals surface area (Å²) in [5.74, 6) is 0. The van der Waals surface area contributed by atoms with Crippen molar-refractivity contribution in [1.29, 1.82) is 0 Å². The van der Waals surface area contributed by atoms with Crippen molar-refractivity contribution < 1.29 is 0 Å². The van der Waals surface area contributed by atoms with Gasteiger partial charge in [-0.1, -0.05) is 64.5 Å². The summed E-state index contributed by atoms with van der Waals surface area (Å²) in [6, 6.07) is 20.6. The predicted molar refractivity (Wildman–Crippen MR) is 82.1 cm³/mol. The Hall–Kier alpha value is -1.54. The molecule has 2 heteroatoms. The highest BCUT2D eigenvalue weighted by atomic mass is 79.9. The topological polar surface area (TPSA) is 15.8 Å². The minimum Gasteiger partial charge on any atom is -0.361 e. The zero-order chi connectivity index (χ0) is 12.8. The lowest BCUT2D eigenvalue weighted by Gasteiger charge is -1.99. The molecule has 0 saturated carbocycles. The first kappa shape index (κ1) is 12.9. The molecule has 1 nitrogen and oxygen atoms in total. The Morgan fingerprint density at radius 3 is 2.17 bits per heavy atom. The highest BCUT2D eigenvalue weighted by Gasteiger charge is 1.95. The van der Waals surface area contributed by atoms with Crippen LogP contribution in [0.3, 0.4) is 0 Å². The Morgan fingerprint density at radius 2 is 1.56 bits per heavy atom. The van der Waals surface area contributed by atoms with Crippen molar-refractivity contribution >= 4 is 26.8 Å². The van der Waals surface area contributed by atoms with Crippen molar-refractivity contribution in [2.45, 2.75) is 11.8 Å². The maximum absolute atomic E-state index is 3.48. The number of H-pyrrole nitrogens is 1. The highest BCUT2D eigenvalue weighted by Crippen LogP contribution is 2.19.